The lowest BCUT2D eigenvalue weighted by atomic mass is 9.94. The molecule has 112 valence electrons. The number of carbonyl (C=O) groups is 1. The fourth-order valence-corrected chi connectivity index (χ4v) is 2.89. The Balaban J connectivity index is 2.40. The number of alkyl halides is 4. The van der Waals surface area contributed by atoms with E-state index in [9.17, 15) is 18.0 Å². The minimum atomic E-state index is -4.40. The molecule has 0 aliphatic rings. The van der Waals surface area contributed by atoms with Gasteiger partial charge in [-0.25, -0.2) is 0 Å². The number of ketones is 1. The Morgan fingerprint density at radius 2 is 1.64 bits per heavy atom. The molecule has 0 N–H and O–H groups in total. The van der Waals surface area contributed by atoms with Crippen LogP contribution in [0.2, 0.25) is 0 Å². The van der Waals surface area contributed by atoms with Crippen molar-refractivity contribution < 1.29 is 18.0 Å². The number of fused-ring (bicyclic) bond motifs is 3. The van der Waals surface area contributed by atoms with E-state index in [4.69, 9.17) is 0 Å². The summed E-state index contributed by atoms with van der Waals surface area (Å²) >= 11 is 3.12. The van der Waals surface area contributed by atoms with Gasteiger partial charge >= 0.3 is 6.18 Å². The van der Waals surface area contributed by atoms with Gasteiger partial charge in [0.05, 0.1) is 10.9 Å². The zero-order valence-electron chi connectivity index (χ0n) is 11.2. The largest absolute Gasteiger partial charge is 0.416 e. The summed E-state index contributed by atoms with van der Waals surface area (Å²) in [4.78, 5) is 12.1. The molecule has 0 saturated heterocycles. The fraction of sp³-hybridized carbons (Fsp3) is 0.118. The van der Waals surface area contributed by atoms with Crippen molar-refractivity contribution in [3.63, 3.8) is 0 Å². The lowest BCUT2D eigenvalue weighted by Crippen LogP contribution is -2.05. The summed E-state index contributed by atoms with van der Waals surface area (Å²) in [7, 11) is 0. The zero-order valence-corrected chi connectivity index (χ0v) is 12.8. The summed E-state index contributed by atoms with van der Waals surface area (Å²) in [5.41, 5.74) is -0.285. The number of hydrogen-bond donors (Lipinski definition) is 0. The summed E-state index contributed by atoms with van der Waals surface area (Å²) in [5, 5.41) is 2.77. The third-order valence-electron chi connectivity index (χ3n) is 3.61. The van der Waals surface area contributed by atoms with Gasteiger partial charge in [0.15, 0.2) is 5.78 Å². The molecule has 22 heavy (non-hydrogen) atoms. The van der Waals surface area contributed by atoms with Crippen LogP contribution in [0.3, 0.4) is 0 Å². The molecule has 0 amide bonds. The Hall–Kier alpha value is -1.88. The molecule has 1 nitrogen and oxygen atoms in total. The number of benzene rings is 3. The molecule has 0 spiro atoms. The second-order valence-corrected chi connectivity index (χ2v) is 5.52. The first kappa shape index (κ1) is 15.0. The monoisotopic (exact) mass is 366 g/mol. The molecule has 0 atom stereocenters. The van der Waals surface area contributed by atoms with Gasteiger partial charge in [-0.2, -0.15) is 13.2 Å². The van der Waals surface area contributed by atoms with Crippen molar-refractivity contribution >= 4 is 43.3 Å². The van der Waals surface area contributed by atoms with Gasteiger partial charge in [0.1, 0.15) is 0 Å². The topological polar surface area (TPSA) is 17.1 Å². The number of hydrogen-bond acceptors (Lipinski definition) is 1. The SMILES string of the molecule is O=C(CBr)c1cc2cc(C(F)(F)F)ccc2c2ccccc12. The first-order chi connectivity index (χ1) is 10.4. The lowest BCUT2D eigenvalue weighted by Gasteiger charge is -2.12. The van der Waals surface area contributed by atoms with Crippen LogP contribution < -0.4 is 0 Å². The number of rotatable bonds is 2. The van der Waals surface area contributed by atoms with E-state index in [-0.39, 0.29) is 11.1 Å². The van der Waals surface area contributed by atoms with E-state index in [0.29, 0.717) is 16.3 Å². The van der Waals surface area contributed by atoms with Crippen molar-refractivity contribution in [1.82, 2.24) is 0 Å². The predicted molar refractivity (Wildman–Crippen MR) is 84.6 cm³/mol. The molecule has 5 heteroatoms. The van der Waals surface area contributed by atoms with Crippen LogP contribution in [0.15, 0.2) is 48.5 Å². The summed E-state index contributed by atoms with van der Waals surface area (Å²) in [6, 6.07) is 12.4. The number of carbonyl (C=O) groups excluding carboxylic acids is 1. The van der Waals surface area contributed by atoms with Crippen LogP contribution in [0.4, 0.5) is 13.2 Å². The Labute approximate surface area is 132 Å². The van der Waals surface area contributed by atoms with Gasteiger partial charge < -0.3 is 0 Å². The van der Waals surface area contributed by atoms with E-state index < -0.39 is 11.7 Å². The summed E-state index contributed by atoms with van der Waals surface area (Å²) in [6.45, 7) is 0. The highest BCUT2D eigenvalue weighted by Gasteiger charge is 2.30. The van der Waals surface area contributed by atoms with Crippen molar-refractivity contribution in [2.24, 2.45) is 0 Å². The van der Waals surface area contributed by atoms with E-state index in [1.54, 1.807) is 0 Å². The molecule has 3 rings (SSSR count). The van der Waals surface area contributed by atoms with Crippen LogP contribution >= 0.6 is 15.9 Å². The Kier molecular flexibility index (Phi) is 3.68. The van der Waals surface area contributed by atoms with Crippen LogP contribution in [0, 0.1) is 0 Å². The predicted octanol–water partition coefficient (Wildman–Crippen LogP) is 5.59. The van der Waals surface area contributed by atoms with Crippen LogP contribution in [-0.4, -0.2) is 11.1 Å². The van der Waals surface area contributed by atoms with E-state index >= 15 is 0 Å². The highest BCUT2D eigenvalue weighted by molar-refractivity contribution is 9.09. The number of Topliss-reactive ketones (excluding diaryl/α,β-unsaturated/α-hetero) is 1. The van der Waals surface area contributed by atoms with E-state index in [1.165, 1.54) is 12.1 Å². The minimum Gasteiger partial charge on any atom is -0.293 e. The summed E-state index contributed by atoms with van der Waals surface area (Å²) in [5.74, 6) is -0.157. The quantitative estimate of drug-likeness (QED) is 0.328. The molecule has 0 saturated carbocycles. The zero-order chi connectivity index (χ0) is 15.9. The molecule has 0 bridgehead atoms. The van der Waals surface area contributed by atoms with Crippen LogP contribution in [0.5, 0.6) is 0 Å². The molecule has 0 heterocycles. The molecule has 3 aromatic carbocycles. The highest BCUT2D eigenvalue weighted by Crippen LogP contribution is 2.35. The number of halogens is 4. The highest BCUT2D eigenvalue weighted by atomic mass is 79.9. The molecule has 0 unspecified atom stereocenters. The minimum absolute atomic E-state index is 0.126. The molecular formula is C17H10BrF3O. The fourth-order valence-electron chi connectivity index (χ4n) is 2.59. The van der Waals surface area contributed by atoms with Gasteiger partial charge in [-0.1, -0.05) is 46.3 Å². The average molecular weight is 367 g/mol. The van der Waals surface area contributed by atoms with Gasteiger partial charge in [0.2, 0.25) is 0 Å². The van der Waals surface area contributed by atoms with Gasteiger partial charge in [-0.05, 0) is 39.7 Å². The van der Waals surface area contributed by atoms with Gasteiger partial charge in [0, 0.05) is 5.56 Å². The van der Waals surface area contributed by atoms with Gasteiger partial charge in [0.25, 0.3) is 0 Å². The standard InChI is InChI=1S/C17H10BrF3O/c18-9-16(22)15-8-10-7-11(17(19,20)21)5-6-12(10)13-3-1-2-4-14(13)15/h1-8H,9H2. The maximum absolute atomic E-state index is 12.9. The molecule has 0 radical (unpaired) electrons. The Morgan fingerprint density at radius 1 is 0.955 bits per heavy atom. The molecule has 0 fully saturated rings. The first-order valence-corrected chi connectivity index (χ1v) is 7.66. The first-order valence-electron chi connectivity index (χ1n) is 6.53. The molecule has 0 aliphatic carbocycles. The molecule has 0 aromatic heterocycles. The lowest BCUT2D eigenvalue weighted by molar-refractivity contribution is -0.137. The van der Waals surface area contributed by atoms with Crippen LogP contribution in [-0.2, 0) is 6.18 Å². The second kappa shape index (κ2) is 5.39. The molecular weight excluding hydrogens is 357 g/mol. The van der Waals surface area contributed by atoms with Crippen molar-refractivity contribution in [2.75, 3.05) is 5.33 Å². The van der Waals surface area contributed by atoms with E-state index in [0.717, 1.165) is 22.9 Å². The van der Waals surface area contributed by atoms with Crippen molar-refractivity contribution in [3.8, 4) is 0 Å². The van der Waals surface area contributed by atoms with Crippen molar-refractivity contribution in [1.29, 1.82) is 0 Å². The average Bonchev–Trinajstić information content (AvgIpc) is 2.52. The molecule has 3 aromatic rings. The third-order valence-corrected chi connectivity index (χ3v) is 4.12. The summed E-state index contributed by atoms with van der Waals surface area (Å²) in [6.07, 6.45) is -4.40. The van der Waals surface area contributed by atoms with Crippen LogP contribution in [0.25, 0.3) is 21.5 Å². The van der Waals surface area contributed by atoms with E-state index in [1.807, 2.05) is 24.3 Å². The summed E-state index contributed by atoms with van der Waals surface area (Å²) < 4.78 is 38.6. The Morgan fingerprint density at radius 3 is 2.27 bits per heavy atom. The van der Waals surface area contributed by atoms with Crippen LogP contribution in [0.1, 0.15) is 15.9 Å². The van der Waals surface area contributed by atoms with Crippen molar-refractivity contribution in [3.05, 3.63) is 59.7 Å². The smallest absolute Gasteiger partial charge is 0.293 e. The second-order valence-electron chi connectivity index (χ2n) is 4.96. The van der Waals surface area contributed by atoms with E-state index in [2.05, 4.69) is 15.9 Å². The normalized spacial score (nSPS) is 12.0. The third kappa shape index (κ3) is 2.50. The molecule has 0 aliphatic heterocycles. The Bertz CT molecular complexity index is 884. The maximum atomic E-state index is 12.9. The van der Waals surface area contributed by atoms with Crippen molar-refractivity contribution in [2.45, 2.75) is 6.18 Å². The van der Waals surface area contributed by atoms with Gasteiger partial charge in [-0.15, -0.1) is 0 Å². The maximum Gasteiger partial charge on any atom is 0.416 e. The van der Waals surface area contributed by atoms with Gasteiger partial charge in [-0.3, -0.25) is 4.79 Å².